The van der Waals surface area contributed by atoms with E-state index in [-0.39, 0.29) is 11.4 Å². The molecule has 3 rings (SSSR count). The highest BCUT2D eigenvalue weighted by atomic mass is 19.4. The highest BCUT2D eigenvalue weighted by Gasteiger charge is 2.31. The summed E-state index contributed by atoms with van der Waals surface area (Å²) in [6, 6.07) is 7.52. The molecule has 2 aromatic heterocycles. The number of nitrogens with zero attached hydrogens (tertiary/aromatic N) is 3. The summed E-state index contributed by atoms with van der Waals surface area (Å²) >= 11 is 0. The molecule has 0 saturated heterocycles. The predicted molar refractivity (Wildman–Crippen MR) is 113 cm³/mol. The minimum absolute atomic E-state index is 0.110. The van der Waals surface area contributed by atoms with Gasteiger partial charge in [-0.2, -0.15) is 18.3 Å². The number of hydrazine groups is 1. The van der Waals surface area contributed by atoms with Crippen LogP contribution >= 0.6 is 0 Å². The van der Waals surface area contributed by atoms with Crippen molar-refractivity contribution in [2.24, 2.45) is 0 Å². The van der Waals surface area contributed by atoms with Crippen molar-refractivity contribution in [1.29, 1.82) is 0 Å². The van der Waals surface area contributed by atoms with Crippen LogP contribution in [0.5, 0.6) is 5.75 Å². The number of aryl methyl sites for hydroxylation is 1. The van der Waals surface area contributed by atoms with E-state index >= 15 is 0 Å². The quantitative estimate of drug-likeness (QED) is 0.568. The van der Waals surface area contributed by atoms with Crippen molar-refractivity contribution in [3.05, 3.63) is 70.7 Å². The van der Waals surface area contributed by atoms with Crippen LogP contribution in [0.25, 0.3) is 5.82 Å². The lowest BCUT2D eigenvalue weighted by molar-refractivity contribution is -0.137. The molecule has 2 heterocycles. The summed E-state index contributed by atoms with van der Waals surface area (Å²) < 4.78 is 45.1. The van der Waals surface area contributed by atoms with E-state index in [2.05, 4.69) is 20.9 Å². The number of nitrogens with one attached hydrogen (secondary N) is 2. The molecule has 3 aromatic rings. The SMILES string of the molecule is Cc1cccc(OC(C)C(=O)NNC(=O)c2cnn(-c3ccc(C(F)(F)F)cn3)c2C)c1C. The first-order valence-electron chi connectivity index (χ1n) is 9.90. The molecule has 0 spiro atoms. The van der Waals surface area contributed by atoms with E-state index in [1.165, 1.54) is 10.9 Å². The molecule has 0 radical (unpaired) electrons. The van der Waals surface area contributed by atoms with Gasteiger partial charge in [-0.15, -0.1) is 0 Å². The second-order valence-electron chi connectivity index (χ2n) is 7.36. The third-order valence-corrected chi connectivity index (χ3v) is 5.07. The lowest BCUT2D eigenvalue weighted by Crippen LogP contribution is -2.47. The van der Waals surface area contributed by atoms with E-state index in [1.807, 2.05) is 26.0 Å². The Balaban J connectivity index is 1.63. The predicted octanol–water partition coefficient (Wildman–Crippen LogP) is 3.44. The summed E-state index contributed by atoms with van der Waals surface area (Å²) in [4.78, 5) is 28.6. The molecule has 1 unspecified atom stereocenters. The summed E-state index contributed by atoms with van der Waals surface area (Å²) in [6.45, 7) is 6.90. The minimum Gasteiger partial charge on any atom is -0.481 e. The van der Waals surface area contributed by atoms with Gasteiger partial charge in [0.1, 0.15) is 5.75 Å². The summed E-state index contributed by atoms with van der Waals surface area (Å²) in [5.74, 6) is -0.555. The van der Waals surface area contributed by atoms with E-state index in [0.29, 0.717) is 17.6 Å². The number of hydrogen-bond acceptors (Lipinski definition) is 5. The van der Waals surface area contributed by atoms with Crippen molar-refractivity contribution in [2.45, 2.75) is 40.0 Å². The van der Waals surface area contributed by atoms with Crippen molar-refractivity contribution in [1.82, 2.24) is 25.6 Å². The van der Waals surface area contributed by atoms with Crippen molar-refractivity contribution in [3.63, 3.8) is 0 Å². The van der Waals surface area contributed by atoms with E-state index in [9.17, 15) is 22.8 Å². The summed E-state index contributed by atoms with van der Waals surface area (Å²) in [5, 5.41) is 4.01. The number of halogens is 3. The average molecular weight is 461 g/mol. The molecular formula is C22H22F3N5O3. The zero-order valence-electron chi connectivity index (χ0n) is 18.3. The van der Waals surface area contributed by atoms with E-state index in [1.54, 1.807) is 19.9 Å². The minimum atomic E-state index is -4.51. The van der Waals surface area contributed by atoms with Gasteiger partial charge in [0, 0.05) is 6.20 Å². The van der Waals surface area contributed by atoms with Crippen LogP contribution in [0.3, 0.4) is 0 Å². The molecule has 11 heteroatoms. The van der Waals surface area contributed by atoms with Crippen LogP contribution < -0.4 is 15.6 Å². The summed E-state index contributed by atoms with van der Waals surface area (Å²) in [7, 11) is 0. The number of ether oxygens (including phenoxy) is 1. The van der Waals surface area contributed by atoms with Crippen molar-refractivity contribution >= 4 is 11.8 Å². The monoisotopic (exact) mass is 461 g/mol. The zero-order valence-corrected chi connectivity index (χ0v) is 18.3. The van der Waals surface area contributed by atoms with Crippen molar-refractivity contribution in [3.8, 4) is 11.6 Å². The number of carbonyl (C=O) groups excluding carboxylic acids is 2. The largest absolute Gasteiger partial charge is 0.481 e. The first-order chi connectivity index (χ1) is 15.5. The summed E-state index contributed by atoms with van der Waals surface area (Å²) in [5.41, 5.74) is 6.04. The number of carbonyl (C=O) groups is 2. The maximum Gasteiger partial charge on any atom is 0.417 e. The van der Waals surface area contributed by atoms with Crippen LogP contribution in [-0.4, -0.2) is 32.7 Å². The summed E-state index contributed by atoms with van der Waals surface area (Å²) in [6.07, 6.45) is -3.47. The Kier molecular flexibility index (Phi) is 6.70. The van der Waals surface area contributed by atoms with Gasteiger partial charge < -0.3 is 4.74 Å². The van der Waals surface area contributed by atoms with Gasteiger partial charge in [0.05, 0.1) is 23.0 Å². The molecule has 174 valence electrons. The number of benzene rings is 1. The molecule has 0 aliphatic carbocycles. The number of rotatable bonds is 5. The molecule has 8 nitrogen and oxygen atoms in total. The highest BCUT2D eigenvalue weighted by Crippen LogP contribution is 2.29. The second-order valence-corrected chi connectivity index (χ2v) is 7.36. The third-order valence-electron chi connectivity index (χ3n) is 5.07. The molecule has 0 saturated carbocycles. The highest BCUT2D eigenvalue weighted by molar-refractivity contribution is 5.96. The molecule has 2 N–H and O–H groups in total. The second kappa shape index (κ2) is 9.31. The third kappa shape index (κ3) is 5.30. The molecule has 2 amide bonds. The maximum atomic E-state index is 12.7. The van der Waals surface area contributed by atoms with Crippen molar-refractivity contribution < 1.29 is 27.5 Å². The van der Waals surface area contributed by atoms with Crippen LogP contribution in [0.4, 0.5) is 13.2 Å². The maximum absolute atomic E-state index is 12.7. The van der Waals surface area contributed by atoms with Gasteiger partial charge >= 0.3 is 6.18 Å². The van der Waals surface area contributed by atoms with Crippen LogP contribution in [0.1, 0.15) is 39.7 Å². The first-order valence-corrected chi connectivity index (χ1v) is 9.90. The Morgan fingerprint density at radius 1 is 1.06 bits per heavy atom. The number of amides is 2. The Hall–Kier alpha value is -3.89. The number of aromatic nitrogens is 3. The Bertz CT molecular complexity index is 1170. The average Bonchev–Trinajstić information content (AvgIpc) is 3.15. The fraction of sp³-hybridized carbons (Fsp3) is 0.273. The molecule has 0 fully saturated rings. The molecule has 0 bridgehead atoms. The molecule has 1 atom stereocenters. The van der Waals surface area contributed by atoms with E-state index in [4.69, 9.17) is 4.74 Å². The normalized spacial score (nSPS) is 12.2. The topological polar surface area (TPSA) is 98.1 Å². The van der Waals surface area contributed by atoms with Gasteiger partial charge in [-0.25, -0.2) is 9.67 Å². The lowest BCUT2D eigenvalue weighted by Gasteiger charge is -2.17. The van der Waals surface area contributed by atoms with Crippen LogP contribution in [0, 0.1) is 20.8 Å². The van der Waals surface area contributed by atoms with Crippen molar-refractivity contribution in [2.75, 3.05) is 0 Å². The van der Waals surface area contributed by atoms with Gasteiger partial charge in [0.2, 0.25) is 0 Å². The van der Waals surface area contributed by atoms with Gasteiger partial charge in [0.15, 0.2) is 11.9 Å². The number of alkyl halides is 3. The van der Waals surface area contributed by atoms with Gasteiger partial charge in [-0.1, -0.05) is 12.1 Å². The molecular weight excluding hydrogens is 439 g/mol. The standard InChI is InChI=1S/C22H22F3N5O3/c1-12-6-5-7-18(13(12)2)33-15(4)20(31)28-29-21(32)17-11-27-30(14(17)3)19-9-8-16(10-26-19)22(23,24)25/h5-11,15H,1-4H3,(H,28,31)(H,29,32). The Morgan fingerprint density at radius 2 is 1.79 bits per heavy atom. The van der Waals surface area contributed by atoms with Crippen LogP contribution in [0.15, 0.2) is 42.7 Å². The van der Waals surface area contributed by atoms with Gasteiger partial charge in [-0.05, 0) is 57.0 Å². The fourth-order valence-electron chi connectivity index (χ4n) is 2.93. The van der Waals surface area contributed by atoms with Crippen LogP contribution in [-0.2, 0) is 11.0 Å². The number of pyridine rings is 1. The van der Waals surface area contributed by atoms with Crippen LogP contribution in [0.2, 0.25) is 0 Å². The van der Waals surface area contributed by atoms with Gasteiger partial charge in [-0.3, -0.25) is 20.4 Å². The zero-order chi connectivity index (χ0) is 24.3. The fourth-order valence-corrected chi connectivity index (χ4v) is 2.93. The number of hydrogen-bond donors (Lipinski definition) is 2. The molecule has 0 aliphatic rings. The first kappa shape index (κ1) is 23.8. The van der Waals surface area contributed by atoms with E-state index in [0.717, 1.165) is 23.3 Å². The Labute approximate surface area is 187 Å². The van der Waals surface area contributed by atoms with Gasteiger partial charge in [0.25, 0.3) is 11.8 Å². The molecule has 1 aromatic carbocycles. The smallest absolute Gasteiger partial charge is 0.417 e. The lowest BCUT2D eigenvalue weighted by atomic mass is 10.1. The Morgan fingerprint density at radius 3 is 2.42 bits per heavy atom. The van der Waals surface area contributed by atoms with E-state index < -0.39 is 29.7 Å². The molecule has 0 aliphatic heterocycles. The molecule has 33 heavy (non-hydrogen) atoms.